The third-order valence-electron chi connectivity index (χ3n) is 7.87. The molecule has 6 nitrogen and oxygen atoms in total. The second kappa shape index (κ2) is 11.8. The van der Waals surface area contributed by atoms with Crippen molar-refractivity contribution in [3.8, 4) is 0 Å². The van der Waals surface area contributed by atoms with Crippen molar-refractivity contribution in [2.45, 2.75) is 77.8 Å². The Morgan fingerprint density at radius 2 is 1.67 bits per heavy atom. The fraction of sp³-hybridized carbons (Fsp3) is 0.364. The lowest BCUT2D eigenvalue weighted by atomic mass is 9.95. The highest BCUT2D eigenvalue weighted by atomic mass is 79.9. The second-order valence-corrected chi connectivity index (χ2v) is 20.8. The Bertz CT molecular complexity index is 1880. The molecule has 2 aromatic heterocycles. The van der Waals surface area contributed by atoms with Crippen LogP contribution in [-0.4, -0.2) is 36.6 Å². The fourth-order valence-corrected chi connectivity index (χ4v) is 8.43. The predicted octanol–water partition coefficient (Wildman–Crippen LogP) is 8.38. The Hall–Kier alpha value is -2.72. The second-order valence-electron chi connectivity index (χ2n) is 12.5. The molecule has 0 aliphatic carbocycles. The minimum absolute atomic E-state index is 0.269. The number of hydrogen-bond acceptors (Lipinski definition) is 4. The number of ether oxygens (including phenoxy) is 1. The van der Waals surface area contributed by atoms with Crippen molar-refractivity contribution in [2.75, 3.05) is 6.61 Å². The van der Waals surface area contributed by atoms with Gasteiger partial charge in [0.25, 0.3) is 10.0 Å². The van der Waals surface area contributed by atoms with E-state index in [0.717, 1.165) is 62.5 Å². The maximum Gasteiger partial charge on any atom is 0.268 e. The van der Waals surface area contributed by atoms with Crippen LogP contribution in [0.4, 0.5) is 0 Å². The predicted molar refractivity (Wildman–Crippen MR) is 179 cm³/mol. The van der Waals surface area contributed by atoms with Crippen molar-refractivity contribution >= 4 is 56.0 Å². The molecule has 222 valence electrons. The largest absolute Gasteiger partial charge is 0.361 e. The van der Waals surface area contributed by atoms with Gasteiger partial charge < -0.3 is 9.30 Å². The molecule has 5 aromatic rings. The Morgan fingerprint density at radius 1 is 0.976 bits per heavy atom. The van der Waals surface area contributed by atoms with Crippen LogP contribution in [0.1, 0.15) is 40.6 Å². The molecule has 0 atom stereocenters. The average molecular weight is 667 g/mol. The first-order chi connectivity index (χ1) is 19.8. The Balaban J connectivity index is 1.64. The standard InChI is InChI=1S/C33H40BrN3O3SSi/c1-8-25-18-24(4)33-32(28(34)20-37(33)41(38,39)26-12-9-22(2)10-13-26)27(25)19-31-35-29-14-11-23(3)17-30(29)36(31)21-40-15-16-42(5,6)7/h9-14,17-18,20H,8,15-16,19,21H2,1-7H3. The molecule has 5 rings (SSSR count). The van der Waals surface area contributed by atoms with Crippen molar-refractivity contribution < 1.29 is 13.2 Å². The van der Waals surface area contributed by atoms with E-state index in [1.54, 1.807) is 18.3 Å². The van der Waals surface area contributed by atoms with Crippen LogP contribution >= 0.6 is 15.9 Å². The molecule has 42 heavy (non-hydrogen) atoms. The maximum atomic E-state index is 13.9. The van der Waals surface area contributed by atoms with Gasteiger partial charge in [-0.15, -0.1) is 0 Å². The number of fused-ring (bicyclic) bond motifs is 2. The first kappa shape index (κ1) is 30.7. The van der Waals surface area contributed by atoms with E-state index in [1.807, 2.05) is 26.0 Å². The summed E-state index contributed by atoms with van der Waals surface area (Å²) in [6.07, 6.45) is 3.07. The molecule has 0 unspecified atom stereocenters. The third kappa shape index (κ3) is 6.02. The summed E-state index contributed by atoms with van der Waals surface area (Å²) in [6, 6.07) is 16.6. The molecule has 0 spiro atoms. The smallest absolute Gasteiger partial charge is 0.268 e. The molecule has 0 bridgehead atoms. The van der Waals surface area contributed by atoms with E-state index in [4.69, 9.17) is 9.72 Å². The number of hydrogen-bond donors (Lipinski definition) is 0. The molecule has 0 amide bonds. The lowest BCUT2D eigenvalue weighted by Crippen LogP contribution is -2.22. The maximum absolute atomic E-state index is 13.9. The van der Waals surface area contributed by atoms with Gasteiger partial charge in [-0.05, 0) is 95.7 Å². The molecule has 0 N–H and O–H groups in total. The minimum atomic E-state index is -3.80. The van der Waals surface area contributed by atoms with Crippen LogP contribution in [0.3, 0.4) is 0 Å². The first-order valence-corrected chi connectivity index (χ1v) is 20.4. The van der Waals surface area contributed by atoms with Crippen LogP contribution in [-0.2, 0) is 34.3 Å². The molecule has 0 saturated heterocycles. The highest BCUT2D eigenvalue weighted by molar-refractivity contribution is 9.10. The number of halogens is 1. The zero-order valence-electron chi connectivity index (χ0n) is 25.6. The minimum Gasteiger partial charge on any atom is -0.361 e. The number of aromatic nitrogens is 3. The fourth-order valence-electron chi connectivity index (χ4n) is 5.48. The van der Waals surface area contributed by atoms with Gasteiger partial charge in [-0.2, -0.15) is 0 Å². The van der Waals surface area contributed by atoms with E-state index in [0.29, 0.717) is 18.7 Å². The number of aryl methyl sites for hydroxylation is 4. The summed E-state index contributed by atoms with van der Waals surface area (Å²) < 4.78 is 38.4. The van der Waals surface area contributed by atoms with Crippen molar-refractivity contribution in [1.82, 2.24) is 13.5 Å². The van der Waals surface area contributed by atoms with Crippen LogP contribution in [0.25, 0.3) is 21.9 Å². The van der Waals surface area contributed by atoms with Gasteiger partial charge in [0.15, 0.2) is 0 Å². The quantitative estimate of drug-likeness (QED) is 0.111. The van der Waals surface area contributed by atoms with Crippen molar-refractivity contribution in [3.05, 3.63) is 92.8 Å². The Morgan fingerprint density at radius 3 is 2.33 bits per heavy atom. The lowest BCUT2D eigenvalue weighted by Gasteiger charge is -2.17. The topological polar surface area (TPSA) is 66.1 Å². The van der Waals surface area contributed by atoms with Crippen molar-refractivity contribution in [3.63, 3.8) is 0 Å². The molecule has 0 fully saturated rings. The van der Waals surface area contributed by atoms with Crippen LogP contribution < -0.4 is 0 Å². The summed E-state index contributed by atoms with van der Waals surface area (Å²) in [4.78, 5) is 5.34. The molecule has 2 heterocycles. The summed E-state index contributed by atoms with van der Waals surface area (Å²) in [5.41, 5.74) is 8.05. The highest BCUT2D eigenvalue weighted by Crippen LogP contribution is 2.38. The molecule has 3 aromatic carbocycles. The molecule has 0 saturated carbocycles. The van der Waals surface area contributed by atoms with Gasteiger partial charge in [0, 0.05) is 37.2 Å². The van der Waals surface area contributed by atoms with E-state index in [2.05, 4.69) is 78.3 Å². The number of nitrogens with zero attached hydrogens (tertiary/aromatic N) is 3. The molecular weight excluding hydrogens is 626 g/mol. The van der Waals surface area contributed by atoms with E-state index >= 15 is 0 Å². The van der Waals surface area contributed by atoms with Gasteiger partial charge >= 0.3 is 0 Å². The lowest BCUT2D eigenvalue weighted by molar-refractivity contribution is 0.0881. The summed E-state index contributed by atoms with van der Waals surface area (Å²) >= 11 is 3.76. The van der Waals surface area contributed by atoms with E-state index < -0.39 is 18.1 Å². The molecule has 9 heteroatoms. The molecule has 0 aliphatic rings. The monoisotopic (exact) mass is 665 g/mol. The number of imidazole rings is 1. The third-order valence-corrected chi connectivity index (χ3v) is 11.9. The molecular formula is C33H40BrN3O3SSi. The van der Waals surface area contributed by atoms with E-state index in [9.17, 15) is 8.42 Å². The van der Waals surface area contributed by atoms with Crippen molar-refractivity contribution in [1.29, 1.82) is 0 Å². The molecule has 0 aliphatic heterocycles. The highest BCUT2D eigenvalue weighted by Gasteiger charge is 2.26. The van der Waals surface area contributed by atoms with Gasteiger partial charge in [-0.3, -0.25) is 0 Å². The first-order valence-electron chi connectivity index (χ1n) is 14.5. The summed E-state index contributed by atoms with van der Waals surface area (Å²) in [6.45, 7) is 16.4. The van der Waals surface area contributed by atoms with Gasteiger partial charge in [0.05, 0.1) is 21.4 Å². The summed E-state index contributed by atoms with van der Waals surface area (Å²) in [5.74, 6) is 0.907. The van der Waals surface area contributed by atoms with Crippen molar-refractivity contribution in [2.24, 2.45) is 0 Å². The van der Waals surface area contributed by atoms with E-state index in [-0.39, 0.29) is 4.90 Å². The zero-order chi connectivity index (χ0) is 30.4. The van der Waals surface area contributed by atoms with Crippen LogP contribution in [0.15, 0.2) is 64.1 Å². The Kier molecular flexibility index (Phi) is 8.60. The summed E-state index contributed by atoms with van der Waals surface area (Å²) in [7, 11) is -5.02. The molecule has 0 radical (unpaired) electrons. The summed E-state index contributed by atoms with van der Waals surface area (Å²) in [5, 5.41) is 0.914. The van der Waals surface area contributed by atoms with Gasteiger partial charge in [-0.1, -0.05) is 56.4 Å². The normalized spacial score (nSPS) is 12.6. The van der Waals surface area contributed by atoms with Crippen LogP contribution in [0.5, 0.6) is 0 Å². The number of benzene rings is 3. The van der Waals surface area contributed by atoms with Gasteiger partial charge in [0.1, 0.15) is 12.6 Å². The van der Waals surface area contributed by atoms with E-state index in [1.165, 1.54) is 15.1 Å². The zero-order valence-corrected chi connectivity index (χ0v) is 29.0. The number of rotatable bonds is 10. The van der Waals surface area contributed by atoms with Crippen LogP contribution in [0.2, 0.25) is 25.7 Å². The van der Waals surface area contributed by atoms with Gasteiger partial charge in [-0.25, -0.2) is 17.4 Å². The Labute approximate surface area is 258 Å². The van der Waals surface area contributed by atoms with Gasteiger partial charge in [0.2, 0.25) is 0 Å². The SMILES string of the molecule is CCc1cc(C)c2c(c(Br)cn2S(=O)(=O)c2ccc(C)cc2)c1Cc1nc2ccc(C)cc2n1COCC[Si](C)(C)C. The average Bonchev–Trinajstić information content (AvgIpc) is 3.45. The van der Waals surface area contributed by atoms with Crippen LogP contribution in [0, 0.1) is 20.8 Å².